The number of ether oxygens (including phenoxy) is 1. The molecule has 22 heavy (non-hydrogen) atoms. The Morgan fingerprint density at radius 2 is 2.14 bits per heavy atom. The van der Waals surface area contributed by atoms with Crippen LogP contribution in [0.2, 0.25) is 0 Å². The van der Waals surface area contributed by atoms with Crippen molar-refractivity contribution in [2.24, 2.45) is 5.92 Å². The zero-order valence-corrected chi connectivity index (χ0v) is 13.6. The van der Waals surface area contributed by atoms with E-state index in [2.05, 4.69) is 24.1 Å². The van der Waals surface area contributed by atoms with E-state index in [0.29, 0.717) is 30.6 Å². The van der Waals surface area contributed by atoms with Crippen molar-refractivity contribution in [1.29, 1.82) is 0 Å². The lowest BCUT2D eigenvalue weighted by atomic mass is 10.0. The Hall–Kier alpha value is -1.51. The Labute approximate surface area is 133 Å². The van der Waals surface area contributed by atoms with Gasteiger partial charge in [0.25, 0.3) is 5.91 Å². The molecule has 7 nitrogen and oxygen atoms in total. The maximum atomic E-state index is 12.1. The predicted molar refractivity (Wildman–Crippen MR) is 84.3 cm³/mol. The summed E-state index contributed by atoms with van der Waals surface area (Å²) in [5.41, 5.74) is 0. The smallest absolute Gasteiger partial charge is 0.324 e. The number of carbonyl (C=O) groups is 1. The van der Waals surface area contributed by atoms with E-state index in [1.54, 1.807) is 0 Å². The molecule has 1 unspecified atom stereocenters. The van der Waals surface area contributed by atoms with Crippen molar-refractivity contribution in [2.45, 2.75) is 19.9 Å². The van der Waals surface area contributed by atoms with Crippen LogP contribution in [0.25, 0.3) is 0 Å². The standard InChI is InChI=1S/C14H21N3O4S/c1-10(2)11(16-5-7-21-8-6-16)9-15-14(18)12-3-4-13(22-12)17(19)20/h3-4,10-11H,5-9H2,1-2H3,(H,15,18). The van der Waals surface area contributed by atoms with Crippen molar-refractivity contribution in [2.75, 3.05) is 32.8 Å². The molecule has 1 amide bonds. The molecular formula is C14H21N3O4S. The molecule has 1 aromatic rings. The van der Waals surface area contributed by atoms with Gasteiger partial charge in [-0.1, -0.05) is 25.2 Å². The number of hydrogen-bond acceptors (Lipinski definition) is 6. The molecule has 0 radical (unpaired) electrons. The van der Waals surface area contributed by atoms with Crippen molar-refractivity contribution < 1.29 is 14.5 Å². The number of morpholine rings is 1. The summed E-state index contributed by atoms with van der Waals surface area (Å²) in [5.74, 6) is 0.146. The number of nitrogens with one attached hydrogen (secondary N) is 1. The normalized spacial score (nSPS) is 17.4. The number of rotatable bonds is 6. The highest BCUT2D eigenvalue weighted by Gasteiger charge is 2.25. The van der Waals surface area contributed by atoms with Crippen molar-refractivity contribution >= 4 is 22.2 Å². The van der Waals surface area contributed by atoms with Gasteiger partial charge >= 0.3 is 5.00 Å². The number of nitro groups is 1. The Bertz CT molecular complexity index is 526. The molecule has 122 valence electrons. The monoisotopic (exact) mass is 327 g/mol. The van der Waals surface area contributed by atoms with Gasteiger partial charge in [0, 0.05) is 31.7 Å². The van der Waals surface area contributed by atoms with Crippen LogP contribution in [-0.2, 0) is 4.74 Å². The van der Waals surface area contributed by atoms with Crippen molar-refractivity contribution in [3.63, 3.8) is 0 Å². The number of thiophene rings is 1. The minimum Gasteiger partial charge on any atom is -0.379 e. The van der Waals surface area contributed by atoms with Crippen LogP contribution < -0.4 is 5.32 Å². The van der Waals surface area contributed by atoms with Gasteiger partial charge in [0.05, 0.1) is 23.0 Å². The molecule has 1 aliphatic rings. The van der Waals surface area contributed by atoms with E-state index in [0.717, 1.165) is 24.4 Å². The van der Waals surface area contributed by atoms with E-state index in [-0.39, 0.29) is 17.0 Å². The molecule has 0 bridgehead atoms. The molecule has 1 atom stereocenters. The zero-order valence-electron chi connectivity index (χ0n) is 12.8. The predicted octanol–water partition coefficient (Wildman–Crippen LogP) is 1.74. The summed E-state index contributed by atoms with van der Waals surface area (Å²) in [4.78, 5) is 25.0. The van der Waals surface area contributed by atoms with Gasteiger partial charge in [0.15, 0.2) is 0 Å². The average molecular weight is 327 g/mol. The molecule has 8 heteroatoms. The second-order valence-corrected chi connectivity index (χ2v) is 6.63. The van der Waals surface area contributed by atoms with E-state index < -0.39 is 4.92 Å². The lowest BCUT2D eigenvalue weighted by Crippen LogP contribution is -2.51. The van der Waals surface area contributed by atoms with Crippen molar-refractivity contribution in [1.82, 2.24) is 10.2 Å². The third kappa shape index (κ3) is 4.25. The van der Waals surface area contributed by atoms with Gasteiger partial charge in [-0.05, 0) is 12.0 Å². The van der Waals surface area contributed by atoms with Crippen LogP contribution in [0.5, 0.6) is 0 Å². The first-order valence-corrected chi connectivity index (χ1v) is 8.15. The lowest BCUT2D eigenvalue weighted by molar-refractivity contribution is -0.380. The molecular weight excluding hydrogens is 306 g/mol. The fourth-order valence-corrected chi connectivity index (χ4v) is 3.26. The highest BCUT2D eigenvalue weighted by Crippen LogP contribution is 2.23. The maximum absolute atomic E-state index is 12.1. The number of hydrogen-bond donors (Lipinski definition) is 1. The summed E-state index contributed by atoms with van der Waals surface area (Å²) in [7, 11) is 0. The molecule has 1 N–H and O–H groups in total. The van der Waals surface area contributed by atoms with Gasteiger partial charge in [-0.25, -0.2) is 0 Å². The first-order chi connectivity index (χ1) is 10.5. The summed E-state index contributed by atoms with van der Waals surface area (Å²) in [5, 5.41) is 13.5. The topological polar surface area (TPSA) is 84.7 Å². The minimum absolute atomic E-state index is 0.0151. The highest BCUT2D eigenvalue weighted by atomic mass is 32.1. The second kappa shape index (κ2) is 7.66. The Morgan fingerprint density at radius 1 is 1.45 bits per heavy atom. The zero-order chi connectivity index (χ0) is 16.1. The third-order valence-electron chi connectivity index (χ3n) is 3.75. The van der Waals surface area contributed by atoms with E-state index >= 15 is 0 Å². The maximum Gasteiger partial charge on any atom is 0.324 e. The average Bonchev–Trinajstić information content (AvgIpc) is 2.98. The molecule has 1 fully saturated rings. The Kier molecular flexibility index (Phi) is 5.87. The summed E-state index contributed by atoms with van der Waals surface area (Å²) in [6.07, 6.45) is 0. The largest absolute Gasteiger partial charge is 0.379 e. The summed E-state index contributed by atoms with van der Waals surface area (Å²) < 4.78 is 5.36. The Balaban J connectivity index is 1.93. The fourth-order valence-electron chi connectivity index (χ4n) is 2.53. The molecule has 0 aliphatic carbocycles. The molecule has 0 spiro atoms. The van der Waals surface area contributed by atoms with E-state index in [1.807, 2.05) is 0 Å². The summed E-state index contributed by atoms with van der Waals surface area (Å²) in [6, 6.07) is 3.10. The number of amides is 1. The van der Waals surface area contributed by atoms with Gasteiger partial charge in [-0.2, -0.15) is 0 Å². The number of carbonyl (C=O) groups excluding carboxylic acids is 1. The molecule has 1 aromatic heterocycles. The highest BCUT2D eigenvalue weighted by molar-refractivity contribution is 7.17. The second-order valence-electron chi connectivity index (χ2n) is 5.56. The van der Waals surface area contributed by atoms with Crippen LogP contribution in [0.4, 0.5) is 5.00 Å². The third-order valence-corrected chi connectivity index (χ3v) is 4.79. The van der Waals surface area contributed by atoms with E-state index in [4.69, 9.17) is 4.74 Å². The summed E-state index contributed by atoms with van der Waals surface area (Å²) >= 11 is 0.900. The fraction of sp³-hybridized carbons (Fsp3) is 0.643. The molecule has 1 saturated heterocycles. The van der Waals surface area contributed by atoms with Gasteiger partial charge < -0.3 is 10.1 Å². The van der Waals surface area contributed by atoms with Crippen LogP contribution in [-0.4, -0.2) is 54.6 Å². The molecule has 2 rings (SSSR count). The molecule has 0 saturated carbocycles. The lowest BCUT2D eigenvalue weighted by Gasteiger charge is -2.36. The molecule has 1 aliphatic heterocycles. The first-order valence-electron chi connectivity index (χ1n) is 7.33. The van der Waals surface area contributed by atoms with Gasteiger partial charge in [-0.3, -0.25) is 19.8 Å². The summed E-state index contributed by atoms with van der Waals surface area (Å²) in [6.45, 7) is 7.95. The van der Waals surface area contributed by atoms with Crippen LogP contribution >= 0.6 is 11.3 Å². The van der Waals surface area contributed by atoms with E-state index in [9.17, 15) is 14.9 Å². The van der Waals surface area contributed by atoms with Gasteiger partial charge in [0.1, 0.15) is 0 Å². The van der Waals surface area contributed by atoms with Crippen LogP contribution in [0.3, 0.4) is 0 Å². The van der Waals surface area contributed by atoms with Crippen molar-refractivity contribution in [3.8, 4) is 0 Å². The van der Waals surface area contributed by atoms with Gasteiger partial charge in [-0.15, -0.1) is 0 Å². The SMILES string of the molecule is CC(C)C(CNC(=O)c1ccc([N+](=O)[O-])s1)N1CCOCC1. The number of nitrogens with zero attached hydrogens (tertiary/aromatic N) is 2. The van der Waals surface area contributed by atoms with Gasteiger partial charge in [0.2, 0.25) is 0 Å². The van der Waals surface area contributed by atoms with Crippen LogP contribution in [0, 0.1) is 16.0 Å². The quantitative estimate of drug-likeness (QED) is 0.635. The first kappa shape index (κ1) is 16.9. The Morgan fingerprint density at radius 3 is 2.68 bits per heavy atom. The minimum atomic E-state index is -0.480. The van der Waals surface area contributed by atoms with Crippen LogP contribution in [0.1, 0.15) is 23.5 Å². The molecule has 2 heterocycles. The van der Waals surface area contributed by atoms with Crippen LogP contribution in [0.15, 0.2) is 12.1 Å². The molecule has 0 aromatic carbocycles. The van der Waals surface area contributed by atoms with E-state index in [1.165, 1.54) is 12.1 Å². The van der Waals surface area contributed by atoms with Crippen molar-refractivity contribution in [3.05, 3.63) is 27.1 Å².